The zero-order valence-electron chi connectivity index (χ0n) is 14.0. The number of nitrogens with zero attached hydrogens (tertiary/aromatic N) is 3. The molecule has 0 aliphatic rings. The van der Waals surface area contributed by atoms with Gasteiger partial charge in [-0.1, -0.05) is 12.1 Å². The van der Waals surface area contributed by atoms with Gasteiger partial charge in [0.15, 0.2) is 0 Å². The molecule has 2 amide bonds. The van der Waals surface area contributed by atoms with Crippen LogP contribution in [-0.4, -0.2) is 15.6 Å². The molecule has 2 N–H and O–H groups in total. The van der Waals surface area contributed by atoms with Gasteiger partial charge in [-0.15, -0.1) is 0 Å². The van der Waals surface area contributed by atoms with Crippen molar-refractivity contribution in [1.82, 2.24) is 14.9 Å². The average Bonchev–Trinajstić information content (AvgIpc) is 3.07. The highest BCUT2D eigenvalue weighted by Gasteiger charge is 2.08. The number of aryl methyl sites for hydroxylation is 1. The first kappa shape index (κ1) is 17.2. The molecule has 6 nitrogen and oxygen atoms in total. The molecular weight excluding hydrogens is 333 g/mol. The number of amides is 2. The van der Waals surface area contributed by atoms with E-state index in [-0.39, 0.29) is 12.1 Å². The molecule has 0 bridgehead atoms. The zero-order chi connectivity index (χ0) is 18.5. The quantitative estimate of drug-likeness (QED) is 0.757. The Morgan fingerprint density at radius 1 is 1.31 bits per heavy atom. The summed E-state index contributed by atoms with van der Waals surface area (Å²) < 4.78 is 15.6. The molecule has 0 aliphatic carbocycles. The summed E-state index contributed by atoms with van der Waals surface area (Å²) in [5, 5.41) is 14.2. The van der Waals surface area contributed by atoms with E-state index < -0.39 is 11.8 Å². The Balaban J connectivity index is 1.66. The summed E-state index contributed by atoms with van der Waals surface area (Å²) in [6.45, 7) is -0.0216. The third kappa shape index (κ3) is 3.87. The Morgan fingerprint density at radius 2 is 2.15 bits per heavy atom. The predicted octanol–water partition coefficient (Wildman–Crippen LogP) is 3.42. The van der Waals surface area contributed by atoms with Crippen molar-refractivity contribution < 1.29 is 9.18 Å². The number of rotatable bonds is 4. The monoisotopic (exact) mass is 349 g/mol. The summed E-state index contributed by atoms with van der Waals surface area (Å²) in [7, 11) is 1.89. The van der Waals surface area contributed by atoms with Crippen LogP contribution in [0.15, 0.2) is 54.9 Å². The maximum atomic E-state index is 13.7. The first-order chi connectivity index (χ1) is 12.6. The topological polar surface area (TPSA) is 82.7 Å². The van der Waals surface area contributed by atoms with Crippen molar-refractivity contribution >= 4 is 11.7 Å². The van der Waals surface area contributed by atoms with Gasteiger partial charge in [0.05, 0.1) is 11.6 Å². The number of urea groups is 1. The molecule has 0 unspecified atom stereocenters. The Kier molecular flexibility index (Phi) is 4.94. The number of hydrogen-bond donors (Lipinski definition) is 2. The van der Waals surface area contributed by atoms with Crippen LogP contribution in [0.3, 0.4) is 0 Å². The molecule has 0 spiro atoms. The van der Waals surface area contributed by atoms with Crippen LogP contribution in [0.25, 0.3) is 11.4 Å². The van der Waals surface area contributed by atoms with Gasteiger partial charge in [0, 0.05) is 42.8 Å². The Labute approximate surface area is 149 Å². The fourth-order valence-corrected chi connectivity index (χ4v) is 2.51. The van der Waals surface area contributed by atoms with Gasteiger partial charge in [0.25, 0.3) is 0 Å². The van der Waals surface area contributed by atoms with Crippen LogP contribution in [-0.2, 0) is 13.6 Å². The van der Waals surface area contributed by atoms with Crippen molar-refractivity contribution in [3.05, 3.63) is 71.8 Å². The van der Waals surface area contributed by atoms with Crippen molar-refractivity contribution in [2.75, 3.05) is 5.32 Å². The molecule has 0 aliphatic heterocycles. The lowest BCUT2D eigenvalue weighted by Gasteiger charge is -2.10. The molecule has 0 saturated carbocycles. The number of carbonyl (C=O) groups is 1. The van der Waals surface area contributed by atoms with Crippen LogP contribution < -0.4 is 10.6 Å². The maximum absolute atomic E-state index is 13.7. The number of hydrogen-bond acceptors (Lipinski definition) is 3. The van der Waals surface area contributed by atoms with E-state index in [2.05, 4.69) is 15.6 Å². The number of aromatic nitrogens is 2. The lowest BCUT2D eigenvalue weighted by molar-refractivity contribution is 0.251. The molecule has 0 radical (unpaired) electrons. The molecule has 1 heterocycles. The predicted molar refractivity (Wildman–Crippen MR) is 95.6 cm³/mol. The second-order valence-electron chi connectivity index (χ2n) is 5.67. The van der Waals surface area contributed by atoms with Gasteiger partial charge in [-0.25, -0.2) is 14.2 Å². The second kappa shape index (κ2) is 7.49. The van der Waals surface area contributed by atoms with E-state index in [0.717, 1.165) is 11.4 Å². The normalized spacial score (nSPS) is 10.2. The van der Waals surface area contributed by atoms with Crippen LogP contribution in [0.1, 0.15) is 11.1 Å². The van der Waals surface area contributed by atoms with E-state index in [1.807, 2.05) is 36.0 Å². The molecule has 0 saturated heterocycles. The minimum absolute atomic E-state index is 0.0216. The first-order valence-corrected chi connectivity index (χ1v) is 7.88. The summed E-state index contributed by atoms with van der Waals surface area (Å²) in [4.78, 5) is 16.4. The van der Waals surface area contributed by atoms with Crippen molar-refractivity contribution in [1.29, 1.82) is 5.26 Å². The molecule has 3 rings (SSSR count). The van der Waals surface area contributed by atoms with Crippen molar-refractivity contribution in [2.24, 2.45) is 7.05 Å². The molecular formula is C19H16FN5O. The molecule has 26 heavy (non-hydrogen) atoms. The van der Waals surface area contributed by atoms with Crippen LogP contribution in [0, 0.1) is 17.1 Å². The van der Waals surface area contributed by atoms with Crippen LogP contribution >= 0.6 is 0 Å². The SMILES string of the molecule is Cn1ccnc1-c1cccc(NC(=O)NCc2cc(C#N)ccc2F)c1. The lowest BCUT2D eigenvalue weighted by atomic mass is 10.1. The number of halogens is 1. The fourth-order valence-electron chi connectivity index (χ4n) is 2.51. The average molecular weight is 349 g/mol. The Bertz CT molecular complexity index is 990. The lowest BCUT2D eigenvalue weighted by Crippen LogP contribution is -2.28. The van der Waals surface area contributed by atoms with Gasteiger partial charge in [0.1, 0.15) is 11.6 Å². The minimum atomic E-state index is -0.471. The Morgan fingerprint density at radius 3 is 2.88 bits per heavy atom. The van der Waals surface area contributed by atoms with Gasteiger partial charge < -0.3 is 15.2 Å². The Hall–Kier alpha value is -3.66. The third-order valence-corrected chi connectivity index (χ3v) is 3.81. The first-order valence-electron chi connectivity index (χ1n) is 7.88. The molecule has 1 aromatic heterocycles. The van der Waals surface area contributed by atoms with E-state index in [1.54, 1.807) is 18.3 Å². The molecule has 130 valence electrons. The summed E-state index contributed by atoms with van der Waals surface area (Å²) in [6.07, 6.45) is 3.54. The van der Waals surface area contributed by atoms with Crippen LogP contribution in [0.2, 0.25) is 0 Å². The summed E-state index contributed by atoms with van der Waals surface area (Å²) in [5.41, 5.74) is 2.05. The van der Waals surface area contributed by atoms with E-state index in [0.29, 0.717) is 11.3 Å². The summed E-state index contributed by atoms with van der Waals surface area (Å²) >= 11 is 0. The van der Waals surface area contributed by atoms with E-state index in [1.165, 1.54) is 18.2 Å². The van der Waals surface area contributed by atoms with Crippen molar-refractivity contribution in [3.8, 4) is 17.5 Å². The highest BCUT2D eigenvalue weighted by atomic mass is 19.1. The smallest absolute Gasteiger partial charge is 0.319 e. The molecule has 3 aromatic rings. The second-order valence-corrected chi connectivity index (χ2v) is 5.67. The van der Waals surface area contributed by atoms with E-state index in [9.17, 15) is 9.18 Å². The van der Waals surface area contributed by atoms with Gasteiger partial charge in [-0.3, -0.25) is 0 Å². The van der Waals surface area contributed by atoms with Gasteiger partial charge in [0.2, 0.25) is 0 Å². The standard InChI is InChI=1S/C19H16FN5O/c1-25-8-7-22-18(25)14-3-2-4-16(10-14)24-19(26)23-12-15-9-13(11-21)5-6-17(15)20/h2-10H,12H2,1H3,(H2,23,24,26). The fraction of sp³-hybridized carbons (Fsp3) is 0.105. The number of nitrogens with one attached hydrogen (secondary N) is 2. The maximum Gasteiger partial charge on any atom is 0.319 e. The van der Waals surface area contributed by atoms with Gasteiger partial charge in [-0.2, -0.15) is 5.26 Å². The number of anilines is 1. The van der Waals surface area contributed by atoms with Crippen molar-refractivity contribution in [3.63, 3.8) is 0 Å². The number of imidazole rings is 1. The summed E-state index contributed by atoms with van der Waals surface area (Å²) in [5.74, 6) is 0.311. The van der Waals surface area contributed by atoms with E-state index >= 15 is 0 Å². The molecule has 0 fully saturated rings. The summed E-state index contributed by atoms with van der Waals surface area (Å²) in [6, 6.07) is 12.8. The zero-order valence-corrected chi connectivity index (χ0v) is 14.0. The number of benzene rings is 2. The highest BCUT2D eigenvalue weighted by molar-refractivity contribution is 5.89. The molecule has 2 aromatic carbocycles. The van der Waals surface area contributed by atoms with E-state index in [4.69, 9.17) is 5.26 Å². The van der Waals surface area contributed by atoms with Gasteiger partial charge in [-0.05, 0) is 30.3 Å². The minimum Gasteiger partial charge on any atom is -0.334 e. The number of nitriles is 1. The highest BCUT2D eigenvalue weighted by Crippen LogP contribution is 2.20. The van der Waals surface area contributed by atoms with Crippen LogP contribution in [0.5, 0.6) is 0 Å². The third-order valence-electron chi connectivity index (χ3n) is 3.81. The van der Waals surface area contributed by atoms with Crippen molar-refractivity contribution in [2.45, 2.75) is 6.54 Å². The molecule has 0 atom stereocenters. The number of carbonyl (C=O) groups excluding carboxylic acids is 1. The van der Waals surface area contributed by atoms with Gasteiger partial charge >= 0.3 is 6.03 Å². The largest absolute Gasteiger partial charge is 0.334 e. The van der Waals surface area contributed by atoms with Crippen LogP contribution in [0.4, 0.5) is 14.9 Å². The molecule has 7 heteroatoms.